The monoisotopic (exact) mass is 455 g/mol. The largest absolute Gasteiger partial charge is 0.465 e. The fraction of sp³-hybridized carbons (Fsp3) is 0.261. The molecule has 31 heavy (non-hydrogen) atoms. The highest BCUT2D eigenvalue weighted by molar-refractivity contribution is 7.13. The number of aromatic nitrogens is 1. The highest BCUT2D eigenvalue weighted by Crippen LogP contribution is 2.25. The summed E-state index contributed by atoms with van der Waals surface area (Å²) in [6, 6.07) is 14.3. The van der Waals surface area contributed by atoms with Gasteiger partial charge in [-0.25, -0.2) is 9.78 Å². The van der Waals surface area contributed by atoms with Crippen molar-refractivity contribution in [2.75, 3.05) is 33.3 Å². The summed E-state index contributed by atoms with van der Waals surface area (Å²) in [6.45, 7) is 3.66. The Morgan fingerprint density at radius 2 is 1.65 bits per heavy atom. The van der Waals surface area contributed by atoms with Gasteiger partial charge in [0, 0.05) is 54.3 Å². The molecule has 0 radical (unpaired) electrons. The first-order valence-electron chi connectivity index (χ1n) is 9.94. The van der Waals surface area contributed by atoms with E-state index in [4.69, 9.17) is 21.3 Å². The predicted octanol–water partition coefficient (Wildman–Crippen LogP) is 4.21. The van der Waals surface area contributed by atoms with E-state index in [0.29, 0.717) is 29.2 Å². The number of amides is 1. The van der Waals surface area contributed by atoms with E-state index >= 15 is 0 Å². The molecule has 1 aliphatic rings. The maximum atomic E-state index is 12.8. The van der Waals surface area contributed by atoms with Crippen molar-refractivity contribution in [3.8, 4) is 10.6 Å². The zero-order valence-corrected chi connectivity index (χ0v) is 18.7. The minimum Gasteiger partial charge on any atom is -0.465 e. The third-order valence-electron chi connectivity index (χ3n) is 5.24. The first kappa shape index (κ1) is 21.5. The standard InChI is InChI=1S/C23H22ClN3O3S/c1-30-23(29)18-4-2-17(3-5-18)22(28)27-12-10-26(11-13-27)14-20-15-31-21(25-20)16-6-8-19(24)9-7-16/h2-9,15H,10-14H2,1H3. The van der Waals surface area contributed by atoms with Crippen molar-refractivity contribution in [2.24, 2.45) is 0 Å². The summed E-state index contributed by atoms with van der Waals surface area (Å²) in [7, 11) is 1.34. The van der Waals surface area contributed by atoms with E-state index in [2.05, 4.69) is 10.3 Å². The molecule has 0 bridgehead atoms. The average Bonchev–Trinajstić information content (AvgIpc) is 3.27. The number of carbonyl (C=O) groups is 2. The summed E-state index contributed by atoms with van der Waals surface area (Å²) < 4.78 is 4.70. The van der Waals surface area contributed by atoms with Crippen LogP contribution in [0.25, 0.3) is 10.6 Å². The van der Waals surface area contributed by atoms with Gasteiger partial charge in [0.05, 0.1) is 18.4 Å². The van der Waals surface area contributed by atoms with Crippen LogP contribution in [0.3, 0.4) is 0 Å². The molecule has 0 atom stereocenters. The van der Waals surface area contributed by atoms with E-state index in [1.165, 1.54) is 7.11 Å². The van der Waals surface area contributed by atoms with Crippen molar-refractivity contribution in [1.82, 2.24) is 14.8 Å². The van der Waals surface area contributed by atoms with Gasteiger partial charge in [0.15, 0.2) is 0 Å². The van der Waals surface area contributed by atoms with Gasteiger partial charge >= 0.3 is 5.97 Å². The van der Waals surface area contributed by atoms with Gasteiger partial charge in [-0.2, -0.15) is 0 Å². The number of esters is 1. The molecule has 3 aromatic rings. The Kier molecular flexibility index (Phi) is 6.65. The van der Waals surface area contributed by atoms with Crippen molar-refractivity contribution in [1.29, 1.82) is 0 Å². The minimum atomic E-state index is -0.408. The van der Waals surface area contributed by atoms with Gasteiger partial charge in [-0.15, -0.1) is 11.3 Å². The summed E-state index contributed by atoms with van der Waals surface area (Å²) in [5.74, 6) is -0.427. The zero-order chi connectivity index (χ0) is 21.8. The lowest BCUT2D eigenvalue weighted by Crippen LogP contribution is -2.48. The van der Waals surface area contributed by atoms with E-state index in [-0.39, 0.29) is 5.91 Å². The highest BCUT2D eigenvalue weighted by Gasteiger charge is 2.23. The number of thiazole rings is 1. The fourth-order valence-electron chi connectivity index (χ4n) is 3.49. The first-order chi connectivity index (χ1) is 15.0. The van der Waals surface area contributed by atoms with Crippen molar-refractivity contribution in [3.63, 3.8) is 0 Å². The minimum absolute atomic E-state index is 0.0188. The van der Waals surface area contributed by atoms with Gasteiger partial charge in [-0.05, 0) is 36.4 Å². The molecule has 0 saturated carbocycles. The second-order valence-electron chi connectivity index (χ2n) is 7.29. The number of piperazine rings is 1. The van der Waals surface area contributed by atoms with Crippen LogP contribution in [-0.4, -0.2) is 59.9 Å². The molecule has 6 nitrogen and oxygen atoms in total. The topological polar surface area (TPSA) is 62.7 Å². The summed E-state index contributed by atoms with van der Waals surface area (Å²) in [5.41, 5.74) is 3.11. The molecule has 0 spiro atoms. The lowest BCUT2D eigenvalue weighted by molar-refractivity contribution is 0.0596. The van der Waals surface area contributed by atoms with Gasteiger partial charge < -0.3 is 9.64 Å². The number of hydrogen-bond acceptors (Lipinski definition) is 6. The summed E-state index contributed by atoms with van der Waals surface area (Å²) in [5, 5.41) is 3.79. The summed E-state index contributed by atoms with van der Waals surface area (Å²) in [4.78, 5) is 33.2. The van der Waals surface area contributed by atoms with Crippen molar-refractivity contribution < 1.29 is 14.3 Å². The molecule has 1 aromatic heterocycles. The predicted molar refractivity (Wildman–Crippen MR) is 122 cm³/mol. The molecular weight excluding hydrogens is 434 g/mol. The zero-order valence-electron chi connectivity index (χ0n) is 17.1. The molecule has 1 aliphatic heterocycles. The number of benzene rings is 2. The van der Waals surface area contributed by atoms with Crippen molar-refractivity contribution >= 4 is 34.8 Å². The molecule has 1 fully saturated rings. The maximum absolute atomic E-state index is 12.8. The number of nitrogens with zero attached hydrogens (tertiary/aromatic N) is 3. The Labute approximate surface area is 190 Å². The first-order valence-corrected chi connectivity index (χ1v) is 11.2. The molecule has 2 heterocycles. The number of carbonyl (C=O) groups excluding carboxylic acids is 2. The lowest BCUT2D eigenvalue weighted by Gasteiger charge is -2.34. The van der Waals surface area contributed by atoms with E-state index in [1.807, 2.05) is 29.2 Å². The fourth-order valence-corrected chi connectivity index (χ4v) is 4.44. The smallest absolute Gasteiger partial charge is 0.337 e. The number of rotatable bonds is 5. The van der Waals surface area contributed by atoms with Crippen LogP contribution in [0.1, 0.15) is 26.4 Å². The van der Waals surface area contributed by atoms with Gasteiger partial charge in [0.1, 0.15) is 5.01 Å². The molecule has 1 amide bonds. The van der Waals surface area contributed by atoms with Gasteiger partial charge in [-0.1, -0.05) is 23.7 Å². The van der Waals surface area contributed by atoms with Crippen LogP contribution in [0, 0.1) is 0 Å². The van der Waals surface area contributed by atoms with E-state index < -0.39 is 5.97 Å². The molecule has 0 N–H and O–H groups in total. The Morgan fingerprint density at radius 1 is 1.00 bits per heavy atom. The molecule has 0 unspecified atom stereocenters. The number of ether oxygens (including phenoxy) is 1. The Balaban J connectivity index is 1.31. The quantitative estimate of drug-likeness (QED) is 0.539. The van der Waals surface area contributed by atoms with Crippen LogP contribution in [-0.2, 0) is 11.3 Å². The van der Waals surface area contributed by atoms with E-state index in [1.54, 1.807) is 35.6 Å². The highest BCUT2D eigenvalue weighted by atomic mass is 35.5. The van der Waals surface area contributed by atoms with Crippen LogP contribution in [0.5, 0.6) is 0 Å². The van der Waals surface area contributed by atoms with E-state index in [0.717, 1.165) is 35.9 Å². The third kappa shape index (κ3) is 5.12. The lowest BCUT2D eigenvalue weighted by atomic mass is 10.1. The SMILES string of the molecule is COC(=O)c1ccc(C(=O)N2CCN(Cc3csc(-c4ccc(Cl)cc4)n3)CC2)cc1. The molecule has 4 rings (SSSR count). The van der Waals surface area contributed by atoms with Crippen LogP contribution in [0.4, 0.5) is 0 Å². The van der Waals surface area contributed by atoms with Crippen LogP contribution in [0.2, 0.25) is 5.02 Å². The Bertz CT molecular complexity index is 1060. The molecule has 8 heteroatoms. The van der Waals surface area contributed by atoms with Crippen molar-refractivity contribution in [3.05, 3.63) is 75.8 Å². The number of hydrogen-bond donors (Lipinski definition) is 0. The average molecular weight is 456 g/mol. The second-order valence-corrected chi connectivity index (χ2v) is 8.58. The molecule has 2 aromatic carbocycles. The number of halogens is 1. The van der Waals surface area contributed by atoms with Gasteiger partial charge in [-0.3, -0.25) is 9.69 Å². The summed E-state index contributed by atoms with van der Waals surface area (Å²) >= 11 is 7.59. The van der Waals surface area contributed by atoms with Crippen molar-refractivity contribution in [2.45, 2.75) is 6.54 Å². The Hall–Kier alpha value is -2.74. The van der Waals surface area contributed by atoms with Crippen LogP contribution in [0.15, 0.2) is 53.9 Å². The third-order valence-corrected chi connectivity index (χ3v) is 6.43. The van der Waals surface area contributed by atoms with Crippen LogP contribution >= 0.6 is 22.9 Å². The van der Waals surface area contributed by atoms with E-state index in [9.17, 15) is 9.59 Å². The molecule has 0 aliphatic carbocycles. The number of methoxy groups -OCH3 is 1. The molecule has 1 saturated heterocycles. The summed E-state index contributed by atoms with van der Waals surface area (Å²) in [6.07, 6.45) is 0. The molecule has 160 valence electrons. The van der Waals surface area contributed by atoms with Gasteiger partial charge in [0.25, 0.3) is 5.91 Å². The normalized spacial score (nSPS) is 14.5. The molecular formula is C23H22ClN3O3S. The Morgan fingerprint density at radius 3 is 2.29 bits per heavy atom. The van der Waals surface area contributed by atoms with Crippen LogP contribution < -0.4 is 0 Å². The van der Waals surface area contributed by atoms with Gasteiger partial charge in [0.2, 0.25) is 0 Å². The second kappa shape index (κ2) is 9.60. The maximum Gasteiger partial charge on any atom is 0.337 e.